The molecular weight excluding hydrogens is 316 g/mol. The molecule has 0 spiro atoms. The third-order valence-electron chi connectivity index (χ3n) is 3.55. The fourth-order valence-electron chi connectivity index (χ4n) is 2.54. The van der Waals surface area contributed by atoms with Crippen molar-refractivity contribution < 1.29 is 0 Å². The molecule has 2 aromatic rings. The average molecular weight is 331 g/mol. The molecule has 0 bridgehead atoms. The van der Waals surface area contributed by atoms with Crippen LogP contribution < -0.4 is 10.6 Å². The molecule has 102 valence electrons. The molecule has 0 amide bonds. The highest BCUT2D eigenvalue weighted by molar-refractivity contribution is 9.10. The van der Waals surface area contributed by atoms with E-state index in [4.69, 9.17) is 5.73 Å². The Morgan fingerprint density at radius 1 is 1.25 bits per heavy atom. The van der Waals surface area contributed by atoms with E-state index in [1.807, 2.05) is 47.4 Å². The molecule has 0 fully saturated rings. The van der Waals surface area contributed by atoms with Crippen molar-refractivity contribution in [1.29, 1.82) is 0 Å². The van der Waals surface area contributed by atoms with Crippen LogP contribution in [-0.4, -0.2) is 17.5 Å². The largest absolute Gasteiger partial charge is 0.369 e. The number of rotatable bonds is 2. The highest BCUT2D eigenvalue weighted by atomic mass is 79.9. The van der Waals surface area contributed by atoms with Crippen molar-refractivity contribution in [3.63, 3.8) is 0 Å². The molecule has 2 N–H and O–H groups in total. The number of halogens is 1. The normalized spacial score (nSPS) is 21.9. The Labute approximate surface area is 126 Å². The number of hydrogen-bond acceptors (Lipinski definition) is 4. The van der Waals surface area contributed by atoms with Crippen molar-refractivity contribution >= 4 is 27.6 Å². The van der Waals surface area contributed by atoms with E-state index < -0.39 is 0 Å². The standard InChI is InChI=1S/C15H15BrN4/c1-15(13-7-2-3-8-18-13)10-19-14(17)20(15)12-6-4-5-11(16)9-12/h2-9H,10H2,1H3,(H2,17,19). The van der Waals surface area contributed by atoms with Crippen molar-refractivity contribution in [3.8, 4) is 0 Å². The second kappa shape index (κ2) is 4.90. The summed E-state index contributed by atoms with van der Waals surface area (Å²) < 4.78 is 1.01. The van der Waals surface area contributed by atoms with E-state index in [1.54, 1.807) is 6.20 Å². The molecule has 1 aliphatic rings. The number of hydrogen-bond donors (Lipinski definition) is 1. The lowest BCUT2D eigenvalue weighted by molar-refractivity contribution is 0.516. The topological polar surface area (TPSA) is 54.5 Å². The number of guanidine groups is 1. The SMILES string of the molecule is CC1(c2ccccn2)CN=C(N)N1c1cccc(Br)c1. The Morgan fingerprint density at radius 3 is 2.80 bits per heavy atom. The predicted octanol–water partition coefficient (Wildman–Crippen LogP) is 2.89. The van der Waals surface area contributed by atoms with Gasteiger partial charge >= 0.3 is 0 Å². The summed E-state index contributed by atoms with van der Waals surface area (Å²) >= 11 is 3.50. The molecule has 0 saturated heterocycles. The first-order valence-corrected chi connectivity index (χ1v) is 7.18. The first-order valence-electron chi connectivity index (χ1n) is 6.38. The van der Waals surface area contributed by atoms with Crippen LogP contribution in [0.1, 0.15) is 12.6 Å². The van der Waals surface area contributed by atoms with Crippen molar-refractivity contribution in [2.75, 3.05) is 11.4 Å². The van der Waals surface area contributed by atoms with Gasteiger partial charge in [0.05, 0.1) is 12.2 Å². The van der Waals surface area contributed by atoms with E-state index >= 15 is 0 Å². The molecule has 1 aliphatic heterocycles. The number of benzene rings is 1. The minimum atomic E-state index is -0.355. The molecule has 0 saturated carbocycles. The van der Waals surface area contributed by atoms with Gasteiger partial charge in [0, 0.05) is 16.4 Å². The highest BCUT2D eigenvalue weighted by Crippen LogP contribution is 2.36. The van der Waals surface area contributed by atoms with Gasteiger partial charge in [-0.15, -0.1) is 0 Å². The Bertz CT molecular complexity index is 656. The number of aromatic nitrogens is 1. The molecule has 1 aromatic heterocycles. The van der Waals surface area contributed by atoms with Crippen molar-refractivity contribution in [2.45, 2.75) is 12.5 Å². The van der Waals surface area contributed by atoms with E-state index in [-0.39, 0.29) is 5.54 Å². The third kappa shape index (κ3) is 2.08. The Hall–Kier alpha value is -1.88. The van der Waals surface area contributed by atoms with E-state index in [2.05, 4.69) is 32.8 Å². The Kier molecular flexibility index (Phi) is 3.22. The minimum Gasteiger partial charge on any atom is -0.369 e. The van der Waals surface area contributed by atoms with Gasteiger partial charge in [0.25, 0.3) is 0 Å². The fraction of sp³-hybridized carbons (Fsp3) is 0.200. The molecule has 4 nitrogen and oxygen atoms in total. The molecule has 2 heterocycles. The quantitative estimate of drug-likeness (QED) is 0.921. The van der Waals surface area contributed by atoms with Crippen LogP contribution in [0.15, 0.2) is 58.1 Å². The summed E-state index contributed by atoms with van der Waals surface area (Å²) in [5, 5.41) is 0. The van der Waals surface area contributed by atoms with Gasteiger partial charge in [0.2, 0.25) is 0 Å². The van der Waals surface area contributed by atoms with Gasteiger partial charge in [0.15, 0.2) is 5.96 Å². The monoisotopic (exact) mass is 330 g/mol. The summed E-state index contributed by atoms with van der Waals surface area (Å²) in [4.78, 5) is 10.9. The van der Waals surface area contributed by atoms with E-state index in [1.165, 1.54) is 0 Å². The van der Waals surface area contributed by atoms with Gasteiger partial charge in [-0.1, -0.05) is 28.1 Å². The molecule has 1 aromatic carbocycles. The number of nitrogens with zero attached hydrogens (tertiary/aromatic N) is 3. The van der Waals surface area contributed by atoms with Gasteiger partial charge in [-0.25, -0.2) is 0 Å². The Balaban J connectivity index is 2.09. The summed E-state index contributed by atoms with van der Waals surface area (Å²) in [6, 6.07) is 14.0. The second-order valence-electron chi connectivity index (χ2n) is 4.98. The summed E-state index contributed by atoms with van der Waals surface area (Å²) in [6.45, 7) is 2.71. The molecule has 1 unspecified atom stereocenters. The number of pyridine rings is 1. The first-order chi connectivity index (χ1) is 9.61. The van der Waals surface area contributed by atoms with Crippen molar-refractivity contribution in [1.82, 2.24) is 4.98 Å². The third-order valence-corrected chi connectivity index (χ3v) is 4.05. The average Bonchev–Trinajstić information content (AvgIpc) is 2.77. The van der Waals surface area contributed by atoms with Gasteiger partial charge in [-0.2, -0.15) is 0 Å². The summed E-state index contributed by atoms with van der Waals surface area (Å²) in [5.74, 6) is 0.524. The lowest BCUT2D eigenvalue weighted by Crippen LogP contribution is -2.48. The minimum absolute atomic E-state index is 0.355. The lowest BCUT2D eigenvalue weighted by Gasteiger charge is -2.35. The van der Waals surface area contributed by atoms with Crippen LogP contribution in [0.5, 0.6) is 0 Å². The lowest BCUT2D eigenvalue weighted by atomic mass is 9.95. The maximum Gasteiger partial charge on any atom is 0.196 e. The predicted molar refractivity (Wildman–Crippen MR) is 84.7 cm³/mol. The maximum absolute atomic E-state index is 6.11. The zero-order chi connectivity index (χ0) is 14.2. The van der Waals surface area contributed by atoms with Crippen LogP contribution in [0, 0.1) is 0 Å². The summed E-state index contributed by atoms with van der Waals surface area (Å²) in [5.41, 5.74) is 7.72. The number of anilines is 1. The fourth-order valence-corrected chi connectivity index (χ4v) is 2.93. The molecular formula is C15H15BrN4. The first kappa shape index (κ1) is 13.1. The molecule has 3 rings (SSSR count). The van der Waals surface area contributed by atoms with E-state index in [0.29, 0.717) is 12.5 Å². The van der Waals surface area contributed by atoms with Crippen LogP contribution >= 0.6 is 15.9 Å². The molecule has 0 aliphatic carbocycles. The Morgan fingerprint density at radius 2 is 2.10 bits per heavy atom. The molecule has 0 radical (unpaired) electrons. The number of nitrogens with two attached hydrogens (primary N) is 1. The van der Waals surface area contributed by atoms with Crippen LogP contribution in [0.3, 0.4) is 0 Å². The smallest absolute Gasteiger partial charge is 0.196 e. The second-order valence-corrected chi connectivity index (χ2v) is 5.89. The maximum atomic E-state index is 6.11. The zero-order valence-electron chi connectivity index (χ0n) is 11.1. The molecule has 5 heteroatoms. The van der Waals surface area contributed by atoms with Crippen molar-refractivity contribution in [2.24, 2.45) is 10.7 Å². The van der Waals surface area contributed by atoms with Crippen LogP contribution in [-0.2, 0) is 5.54 Å². The van der Waals surface area contributed by atoms with Crippen LogP contribution in [0.4, 0.5) is 5.69 Å². The van der Waals surface area contributed by atoms with Gasteiger partial charge in [-0.3, -0.25) is 14.9 Å². The molecule has 20 heavy (non-hydrogen) atoms. The van der Waals surface area contributed by atoms with Crippen molar-refractivity contribution in [3.05, 3.63) is 58.8 Å². The van der Waals surface area contributed by atoms with Gasteiger partial charge < -0.3 is 5.73 Å². The summed E-state index contributed by atoms with van der Waals surface area (Å²) in [6.07, 6.45) is 1.80. The van der Waals surface area contributed by atoms with Gasteiger partial charge in [-0.05, 0) is 37.3 Å². The highest BCUT2D eigenvalue weighted by Gasteiger charge is 2.41. The molecule has 1 atom stereocenters. The van der Waals surface area contributed by atoms with E-state index in [9.17, 15) is 0 Å². The van der Waals surface area contributed by atoms with Crippen LogP contribution in [0.25, 0.3) is 0 Å². The van der Waals surface area contributed by atoms with Gasteiger partial charge in [0.1, 0.15) is 5.54 Å². The number of aliphatic imine (C=N–C) groups is 1. The summed E-state index contributed by atoms with van der Waals surface area (Å²) in [7, 11) is 0. The zero-order valence-corrected chi connectivity index (χ0v) is 12.7. The van der Waals surface area contributed by atoms with E-state index in [0.717, 1.165) is 15.9 Å². The van der Waals surface area contributed by atoms with Crippen LogP contribution in [0.2, 0.25) is 0 Å².